The lowest BCUT2D eigenvalue weighted by Gasteiger charge is -2.29. The van der Waals surface area contributed by atoms with Crippen molar-refractivity contribution >= 4 is 17.5 Å². The fourth-order valence-corrected chi connectivity index (χ4v) is 3.08. The second-order valence-corrected chi connectivity index (χ2v) is 5.75. The quantitative estimate of drug-likeness (QED) is 0.765. The summed E-state index contributed by atoms with van der Waals surface area (Å²) in [4.78, 5) is 14.8. The second kappa shape index (κ2) is 6.42. The molecule has 1 amide bonds. The van der Waals surface area contributed by atoms with Crippen LogP contribution in [-0.4, -0.2) is 29.3 Å². The third-order valence-electron chi connectivity index (χ3n) is 4.19. The summed E-state index contributed by atoms with van der Waals surface area (Å²) in [6.45, 7) is 4.72. The van der Waals surface area contributed by atoms with Gasteiger partial charge in [0.25, 0.3) is 5.91 Å². The monoisotopic (exact) mass is 279 g/mol. The summed E-state index contributed by atoms with van der Waals surface area (Å²) in [5.41, 5.74) is 3.09. The van der Waals surface area contributed by atoms with Gasteiger partial charge in [-0.15, -0.1) is 11.6 Å². The molecular formula is C16H22ClNO. The van der Waals surface area contributed by atoms with Crippen LogP contribution in [0, 0.1) is 13.8 Å². The molecular weight excluding hydrogens is 258 g/mol. The van der Waals surface area contributed by atoms with Crippen molar-refractivity contribution < 1.29 is 4.79 Å². The number of carbonyl (C=O) groups excluding carboxylic acids is 1. The van der Waals surface area contributed by atoms with E-state index in [1.54, 1.807) is 0 Å². The van der Waals surface area contributed by atoms with Gasteiger partial charge in [-0.1, -0.05) is 25.0 Å². The molecule has 19 heavy (non-hydrogen) atoms. The summed E-state index contributed by atoms with van der Waals surface area (Å²) in [5.74, 6) is 0.654. The molecule has 0 spiro atoms. The summed E-state index contributed by atoms with van der Waals surface area (Å²) in [6.07, 6.45) is 4.69. The molecule has 2 rings (SSSR count). The molecule has 0 bridgehead atoms. The number of carbonyl (C=O) groups is 1. The summed E-state index contributed by atoms with van der Waals surface area (Å²) in [7, 11) is 0. The van der Waals surface area contributed by atoms with Crippen LogP contribution in [0.5, 0.6) is 0 Å². The Hall–Kier alpha value is -1.02. The molecule has 0 atom stereocenters. The molecule has 3 heteroatoms. The zero-order chi connectivity index (χ0) is 13.8. The van der Waals surface area contributed by atoms with Crippen molar-refractivity contribution in [1.82, 2.24) is 4.90 Å². The lowest BCUT2D eigenvalue weighted by Crippen LogP contribution is -2.40. The fraction of sp³-hybridized carbons (Fsp3) is 0.562. The minimum Gasteiger partial charge on any atom is -0.334 e. The standard InChI is InChI=1S/C16H22ClNO/c1-12-6-5-9-15(13(12)2)16(19)18(11-10-17)14-7-3-4-8-14/h5-6,9,14H,3-4,7-8,10-11H2,1-2H3. The normalized spacial score (nSPS) is 15.7. The second-order valence-electron chi connectivity index (χ2n) is 5.37. The van der Waals surface area contributed by atoms with Crippen LogP contribution >= 0.6 is 11.6 Å². The van der Waals surface area contributed by atoms with Gasteiger partial charge in [0, 0.05) is 24.0 Å². The lowest BCUT2D eigenvalue weighted by atomic mass is 10.0. The minimum absolute atomic E-state index is 0.147. The Morgan fingerprint density at radius 2 is 2.00 bits per heavy atom. The van der Waals surface area contributed by atoms with Gasteiger partial charge in [-0.2, -0.15) is 0 Å². The molecule has 1 saturated carbocycles. The Labute approximate surface area is 120 Å². The molecule has 0 N–H and O–H groups in total. The Balaban J connectivity index is 2.25. The van der Waals surface area contributed by atoms with E-state index in [0.29, 0.717) is 18.5 Å². The number of hydrogen-bond acceptors (Lipinski definition) is 1. The van der Waals surface area contributed by atoms with Gasteiger partial charge in [0.2, 0.25) is 0 Å². The van der Waals surface area contributed by atoms with Gasteiger partial charge in [-0.05, 0) is 43.9 Å². The molecule has 1 aliphatic rings. The first-order valence-corrected chi connectivity index (χ1v) is 7.61. The average Bonchev–Trinajstić information content (AvgIpc) is 2.92. The van der Waals surface area contributed by atoms with E-state index in [0.717, 1.165) is 24.0 Å². The molecule has 104 valence electrons. The number of hydrogen-bond donors (Lipinski definition) is 0. The molecule has 0 aliphatic heterocycles. The predicted molar refractivity (Wildman–Crippen MR) is 79.9 cm³/mol. The van der Waals surface area contributed by atoms with Crippen LogP contribution < -0.4 is 0 Å². The van der Waals surface area contributed by atoms with Crippen molar-refractivity contribution in [3.05, 3.63) is 34.9 Å². The SMILES string of the molecule is Cc1cccc(C(=O)N(CCCl)C2CCCC2)c1C. The maximum absolute atomic E-state index is 12.8. The van der Waals surface area contributed by atoms with Crippen molar-refractivity contribution in [2.45, 2.75) is 45.6 Å². The predicted octanol–water partition coefficient (Wildman–Crippen LogP) is 3.93. The maximum Gasteiger partial charge on any atom is 0.254 e. The first kappa shape index (κ1) is 14.4. The van der Waals surface area contributed by atoms with E-state index in [2.05, 4.69) is 0 Å². The molecule has 0 aromatic heterocycles. The third-order valence-corrected chi connectivity index (χ3v) is 4.36. The van der Waals surface area contributed by atoms with E-state index in [1.165, 1.54) is 18.4 Å². The van der Waals surface area contributed by atoms with E-state index < -0.39 is 0 Å². The molecule has 1 aliphatic carbocycles. The number of alkyl halides is 1. The van der Waals surface area contributed by atoms with Crippen LogP contribution in [0.2, 0.25) is 0 Å². The number of aryl methyl sites for hydroxylation is 1. The molecule has 0 saturated heterocycles. The third kappa shape index (κ3) is 3.11. The molecule has 1 aromatic carbocycles. The van der Waals surface area contributed by atoms with Crippen LogP contribution in [0.4, 0.5) is 0 Å². The van der Waals surface area contributed by atoms with E-state index in [4.69, 9.17) is 11.6 Å². The molecule has 0 unspecified atom stereocenters. The first-order chi connectivity index (χ1) is 9.15. The van der Waals surface area contributed by atoms with Gasteiger partial charge in [-0.25, -0.2) is 0 Å². The molecule has 1 aromatic rings. The van der Waals surface area contributed by atoms with Crippen molar-refractivity contribution in [1.29, 1.82) is 0 Å². The smallest absolute Gasteiger partial charge is 0.254 e. The largest absolute Gasteiger partial charge is 0.334 e. The van der Waals surface area contributed by atoms with E-state index >= 15 is 0 Å². The summed E-state index contributed by atoms with van der Waals surface area (Å²) < 4.78 is 0. The Morgan fingerprint density at radius 1 is 1.32 bits per heavy atom. The van der Waals surface area contributed by atoms with Crippen LogP contribution in [0.15, 0.2) is 18.2 Å². The highest BCUT2D eigenvalue weighted by atomic mass is 35.5. The van der Waals surface area contributed by atoms with E-state index in [9.17, 15) is 4.79 Å². The van der Waals surface area contributed by atoms with Gasteiger partial charge >= 0.3 is 0 Å². The molecule has 1 fully saturated rings. The molecule has 0 radical (unpaired) electrons. The van der Waals surface area contributed by atoms with Gasteiger partial charge in [0.15, 0.2) is 0 Å². The van der Waals surface area contributed by atoms with Crippen LogP contribution in [-0.2, 0) is 0 Å². The van der Waals surface area contributed by atoms with Crippen molar-refractivity contribution in [3.63, 3.8) is 0 Å². The van der Waals surface area contributed by atoms with Crippen molar-refractivity contribution in [3.8, 4) is 0 Å². The molecule has 2 nitrogen and oxygen atoms in total. The zero-order valence-corrected chi connectivity index (χ0v) is 12.5. The minimum atomic E-state index is 0.147. The zero-order valence-electron chi connectivity index (χ0n) is 11.8. The van der Waals surface area contributed by atoms with Gasteiger partial charge in [-0.3, -0.25) is 4.79 Å². The highest BCUT2D eigenvalue weighted by Crippen LogP contribution is 2.26. The summed E-state index contributed by atoms with van der Waals surface area (Å²) in [6, 6.07) is 6.32. The Kier molecular flexibility index (Phi) is 4.87. The summed E-state index contributed by atoms with van der Waals surface area (Å²) >= 11 is 5.88. The first-order valence-electron chi connectivity index (χ1n) is 7.08. The lowest BCUT2D eigenvalue weighted by molar-refractivity contribution is 0.0694. The number of rotatable bonds is 4. The van der Waals surface area contributed by atoms with Gasteiger partial charge in [0.05, 0.1) is 0 Å². The topological polar surface area (TPSA) is 20.3 Å². The van der Waals surface area contributed by atoms with Crippen LogP contribution in [0.25, 0.3) is 0 Å². The number of benzene rings is 1. The van der Waals surface area contributed by atoms with E-state index in [-0.39, 0.29) is 5.91 Å². The van der Waals surface area contributed by atoms with Gasteiger partial charge in [0.1, 0.15) is 0 Å². The highest BCUT2D eigenvalue weighted by Gasteiger charge is 2.27. The Bertz CT molecular complexity index is 452. The van der Waals surface area contributed by atoms with Gasteiger partial charge < -0.3 is 4.90 Å². The average molecular weight is 280 g/mol. The number of nitrogens with zero attached hydrogens (tertiary/aromatic N) is 1. The highest BCUT2D eigenvalue weighted by molar-refractivity contribution is 6.18. The Morgan fingerprint density at radius 3 is 2.63 bits per heavy atom. The number of halogens is 1. The fourth-order valence-electron chi connectivity index (χ4n) is 2.89. The van der Waals surface area contributed by atoms with Crippen molar-refractivity contribution in [2.75, 3.05) is 12.4 Å². The number of amides is 1. The molecule has 0 heterocycles. The van der Waals surface area contributed by atoms with Crippen LogP contribution in [0.1, 0.15) is 47.2 Å². The van der Waals surface area contributed by atoms with E-state index in [1.807, 2.05) is 36.9 Å². The van der Waals surface area contributed by atoms with Crippen LogP contribution in [0.3, 0.4) is 0 Å². The van der Waals surface area contributed by atoms with Crippen molar-refractivity contribution in [2.24, 2.45) is 0 Å². The summed E-state index contributed by atoms with van der Waals surface area (Å²) in [5, 5.41) is 0. The maximum atomic E-state index is 12.8.